The van der Waals surface area contributed by atoms with Crippen LogP contribution in [0.2, 0.25) is 0 Å². The maximum atomic E-state index is 13.1. The molecule has 164 valence electrons. The van der Waals surface area contributed by atoms with Crippen molar-refractivity contribution in [1.29, 1.82) is 0 Å². The second-order valence-corrected chi connectivity index (χ2v) is 9.15. The fourth-order valence-electron chi connectivity index (χ4n) is 3.66. The third kappa shape index (κ3) is 4.06. The number of hydrogen-bond donors (Lipinski definition) is 0. The van der Waals surface area contributed by atoms with E-state index in [2.05, 4.69) is 0 Å². The first-order valence-electron chi connectivity index (χ1n) is 9.71. The Hall–Kier alpha value is -3.18. The van der Waals surface area contributed by atoms with Gasteiger partial charge in [-0.15, -0.1) is 0 Å². The molecule has 0 bridgehead atoms. The molecule has 31 heavy (non-hydrogen) atoms. The number of carbonyl (C=O) groups excluding carboxylic acids is 1. The van der Waals surface area contributed by atoms with Crippen LogP contribution in [0.5, 0.6) is 11.5 Å². The number of nitrogens with zero attached hydrogens (tertiary/aromatic N) is 3. The molecular weight excluding hydrogens is 426 g/mol. The van der Waals surface area contributed by atoms with Gasteiger partial charge in [-0.1, -0.05) is 0 Å². The van der Waals surface area contributed by atoms with Crippen molar-refractivity contribution in [1.82, 2.24) is 4.31 Å². The third-order valence-corrected chi connectivity index (χ3v) is 7.20. The van der Waals surface area contributed by atoms with Crippen molar-refractivity contribution < 1.29 is 27.6 Å². The summed E-state index contributed by atoms with van der Waals surface area (Å²) in [4.78, 5) is 24.4. The van der Waals surface area contributed by atoms with Crippen LogP contribution in [0.1, 0.15) is 17.3 Å². The number of nitro benzene ring substituents is 1. The monoisotopic (exact) mass is 447 g/mol. The first-order valence-corrected chi connectivity index (χ1v) is 11.2. The number of fused-ring (bicyclic) bond motifs is 1. The van der Waals surface area contributed by atoms with Gasteiger partial charge < -0.3 is 14.4 Å². The van der Waals surface area contributed by atoms with E-state index in [1.165, 1.54) is 29.4 Å². The van der Waals surface area contributed by atoms with E-state index in [0.717, 1.165) is 0 Å². The lowest BCUT2D eigenvalue weighted by Gasteiger charge is -2.35. The molecule has 1 fully saturated rings. The van der Waals surface area contributed by atoms with E-state index in [1.54, 1.807) is 23.1 Å². The van der Waals surface area contributed by atoms with Crippen molar-refractivity contribution in [3.05, 3.63) is 52.1 Å². The largest absolute Gasteiger partial charge is 0.486 e. The minimum Gasteiger partial charge on any atom is -0.486 e. The Bertz CT molecular complexity index is 1140. The molecule has 0 atom stereocenters. The summed E-state index contributed by atoms with van der Waals surface area (Å²) in [5.41, 5.74) is 0.456. The summed E-state index contributed by atoms with van der Waals surface area (Å²) in [7, 11) is -3.75. The van der Waals surface area contributed by atoms with Crippen molar-refractivity contribution in [3.63, 3.8) is 0 Å². The fraction of sp³-hybridized carbons (Fsp3) is 0.350. The summed E-state index contributed by atoms with van der Waals surface area (Å²) >= 11 is 0. The van der Waals surface area contributed by atoms with Gasteiger partial charge in [-0.25, -0.2) is 8.42 Å². The van der Waals surface area contributed by atoms with Gasteiger partial charge in [-0.2, -0.15) is 4.31 Å². The molecule has 2 aromatic rings. The van der Waals surface area contributed by atoms with E-state index in [0.29, 0.717) is 30.4 Å². The molecule has 2 aliphatic heterocycles. The van der Waals surface area contributed by atoms with Crippen LogP contribution in [0.25, 0.3) is 0 Å². The summed E-state index contributed by atoms with van der Waals surface area (Å²) in [5, 5.41) is 11.5. The quantitative estimate of drug-likeness (QED) is 0.388. The van der Waals surface area contributed by atoms with E-state index in [1.807, 2.05) is 0 Å². The normalized spacial score (nSPS) is 16.7. The number of piperazine rings is 1. The minimum atomic E-state index is -3.75. The maximum Gasteiger partial charge on any atom is 0.293 e. The van der Waals surface area contributed by atoms with Crippen LogP contribution in [0.4, 0.5) is 11.4 Å². The lowest BCUT2D eigenvalue weighted by atomic mass is 10.1. The Morgan fingerprint density at radius 2 is 1.68 bits per heavy atom. The highest BCUT2D eigenvalue weighted by Crippen LogP contribution is 2.34. The van der Waals surface area contributed by atoms with Gasteiger partial charge in [0.1, 0.15) is 18.9 Å². The van der Waals surface area contributed by atoms with E-state index in [9.17, 15) is 23.3 Å². The highest BCUT2D eigenvalue weighted by Gasteiger charge is 2.31. The number of rotatable bonds is 5. The molecule has 11 heteroatoms. The zero-order valence-electron chi connectivity index (χ0n) is 16.8. The van der Waals surface area contributed by atoms with Crippen molar-refractivity contribution in [2.45, 2.75) is 11.8 Å². The molecular formula is C20H21N3O7S. The van der Waals surface area contributed by atoms with Crippen molar-refractivity contribution in [2.24, 2.45) is 0 Å². The molecule has 4 rings (SSSR count). The number of anilines is 1. The van der Waals surface area contributed by atoms with E-state index < -0.39 is 14.9 Å². The number of nitro groups is 1. The van der Waals surface area contributed by atoms with Crippen LogP contribution in [-0.2, 0) is 10.0 Å². The number of hydrogen-bond acceptors (Lipinski definition) is 8. The van der Waals surface area contributed by atoms with Crippen molar-refractivity contribution >= 4 is 27.2 Å². The Morgan fingerprint density at radius 1 is 1.00 bits per heavy atom. The lowest BCUT2D eigenvalue weighted by molar-refractivity contribution is -0.384. The minimum absolute atomic E-state index is 0.113. The number of ketones is 1. The van der Waals surface area contributed by atoms with Crippen LogP contribution in [0.3, 0.4) is 0 Å². The first kappa shape index (κ1) is 21.1. The number of ether oxygens (including phenoxy) is 2. The van der Waals surface area contributed by atoms with Crippen molar-refractivity contribution in [2.75, 3.05) is 44.3 Å². The van der Waals surface area contributed by atoms with Gasteiger partial charge in [0.15, 0.2) is 17.3 Å². The SMILES string of the molecule is CC(=O)c1ccc(N2CCN(S(=O)(=O)c3ccc4c(c3)OCCO4)CC2)c([N+](=O)[O-])c1. The average Bonchev–Trinajstić information content (AvgIpc) is 2.78. The molecule has 2 aromatic carbocycles. The molecule has 0 amide bonds. The standard InChI is InChI=1S/C20H21N3O7S/c1-14(24)15-2-4-17(18(12-15)23(25)26)21-6-8-22(9-7-21)31(27,28)16-3-5-19-20(13-16)30-11-10-29-19/h2-5,12-13H,6-11H2,1H3. The Labute approximate surface area is 179 Å². The molecule has 0 N–H and O–H groups in total. The average molecular weight is 447 g/mol. The summed E-state index contributed by atoms with van der Waals surface area (Å²) < 4.78 is 38.4. The molecule has 0 aromatic heterocycles. The molecule has 1 saturated heterocycles. The molecule has 10 nitrogen and oxygen atoms in total. The molecule has 0 radical (unpaired) electrons. The molecule has 0 saturated carbocycles. The van der Waals surface area contributed by atoms with Gasteiger partial charge >= 0.3 is 0 Å². The van der Waals surface area contributed by atoms with Gasteiger partial charge in [0.2, 0.25) is 10.0 Å². The van der Waals surface area contributed by atoms with Gasteiger partial charge in [-0.3, -0.25) is 14.9 Å². The molecule has 0 spiro atoms. The molecule has 0 unspecified atom stereocenters. The van der Waals surface area contributed by atoms with E-state index in [-0.39, 0.29) is 48.1 Å². The van der Waals surface area contributed by atoms with Gasteiger partial charge in [0.25, 0.3) is 5.69 Å². The van der Waals surface area contributed by atoms with E-state index in [4.69, 9.17) is 9.47 Å². The van der Waals surface area contributed by atoms with Crippen LogP contribution in [0, 0.1) is 10.1 Å². The highest BCUT2D eigenvalue weighted by atomic mass is 32.2. The van der Waals surface area contributed by atoms with Gasteiger partial charge in [-0.05, 0) is 31.2 Å². The van der Waals surface area contributed by atoms with Crippen LogP contribution < -0.4 is 14.4 Å². The summed E-state index contributed by atoms with van der Waals surface area (Å²) in [6.07, 6.45) is 0. The predicted molar refractivity (Wildman–Crippen MR) is 112 cm³/mol. The van der Waals surface area contributed by atoms with Gasteiger partial charge in [0, 0.05) is 43.9 Å². The van der Waals surface area contributed by atoms with E-state index >= 15 is 0 Å². The zero-order chi connectivity index (χ0) is 22.2. The topological polar surface area (TPSA) is 119 Å². The van der Waals surface area contributed by atoms with Crippen LogP contribution in [-0.4, -0.2) is 62.8 Å². The predicted octanol–water partition coefficient (Wildman–Crippen LogP) is 2.08. The summed E-state index contributed by atoms with van der Waals surface area (Å²) in [5.74, 6) is 0.647. The number of Topliss-reactive ketones (excluding diaryl/α,β-unsaturated/α-hetero) is 1. The Balaban J connectivity index is 1.52. The first-order chi connectivity index (χ1) is 14.8. The van der Waals surface area contributed by atoms with Crippen molar-refractivity contribution in [3.8, 4) is 11.5 Å². The smallest absolute Gasteiger partial charge is 0.293 e. The second-order valence-electron chi connectivity index (χ2n) is 7.21. The molecule has 2 aliphatic rings. The fourth-order valence-corrected chi connectivity index (χ4v) is 5.10. The summed E-state index contributed by atoms with van der Waals surface area (Å²) in [6, 6.07) is 8.87. The lowest BCUT2D eigenvalue weighted by Crippen LogP contribution is -2.48. The summed E-state index contributed by atoms with van der Waals surface area (Å²) in [6.45, 7) is 3.02. The number of carbonyl (C=O) groups is 1. The van der Waals surface area contributed by atoms with Crippen LogP contribution in [0.15, 0.2) is 41.3 Å². The molecule has 0 aliphatic carbocycles. The molecule has 2 heterocycles. The van der Waals surface area contributed by atoms with Crippen LogP contribution >= 0.6 is 0 Å². The number of sulfonamides is 1. The zero-order valence-corrected chi connectivity index (χ0v) is 17.6. The maximum absolute atomic E-state index is 13.1. The number of benzene rings is 2. The van der Waals surface area contributed by atoms with Gasteiger partial charge in [0.05, 0.1) is 9.82 Å². The Kier molecular flexibility index (Phi) is 5.54. The third-order valence-electron chi connectivity index (χ3n) is 5.31. The second kappa shape index (κ2) is 8.16. The Morgan fingerprint density at radius 3 is 2.32 bits per heavy atom. The highest BCUT2D eigenvalue weighted by molar-refractivity contribution is 7.89.